The zero-order valence-corrected chi connectivity index (χ0v) is 12.0. The zero-order valence-electron chi connectivity index (χ0n) is 8.80. The number of hydrogen-bond donors (Lipinski definition) is 0. The first kappa shape index (κ1) is 12.9. The molecule has 1 nitrogen and oxygen atoms in total. The van der Waals surface area contributed by atoms with Crippen LogP contribution in [0.2, 0.25) is 0 Å². The van der Waals surface area contributed by atoms with E-state index >= 15 is 0 Å². The molecule has 0 unspecified atom stereocenters. The second kappa shape index (κ2) is 4.81. The highest BCUT2D eigenvalue weighted by Gasteiger charge is 2.17. The van der Waals surface area contributed by atoms with Gasteiger partial charge in [-0.2, -0.15) is 0 Å². The molecule has 1 aromatic rings. The number of rotatable bonds is 1. The first-order valence-corrected chi connectivity index (χ1v) is 6.06. The van der Waals surface area contributed by atoms with E-state index in [9.17, 15) is 0 Å². The van der Waals surface area contributed by atoms with Crippen molar-refractivity contribution in [2.75, 3.05) is 0 Å². The molecule has 0 N–H and O–H groups in total. The molecule has 0 aliphatic rings. The van der Waals surface area contributed by atoms with Gasteiger partial charge in [0.15, 0.2) is 0 Å². The van der Waals surface area contributed by atoms with Gasteiger partial charge in [0.1, 0.15) is 5.75 Å². The van der Waals surface area contributed by atoms with E-state index < -0.39 is 0 Å². The summed E-state index contributed by atoms with van der Waals surface area (Å²) in [5.74, 6) is 0.670. The third kappa shape index (κ3) is 3.74. The van der Waals surface area contributed by atoms with Gasteiger partial charge in [0.05, 0.1) is 0 Å². The molecule has 0 atom stereocenters. The van der Waals surface area contributed by atoms with Gasteiger partial charge in [0.2, 0.25) is 0 Å². The Balaban J connectivity index is 3.11. The first-order valence-electron chi connectivity index (χ1n) is 4.48. The minimum absolute atomic E-state index is 0.0113. The number of halogens is 2. The summed E-state index contributed by atoms with van der Waals surface area (Å²) >= 11 is 13.7. The lowest BCUT2D eigenvalue weighted by molar-refractivity contribution is 0.557. The summed E-state index contributed by atoms with van der Waals surface area (Å²) in [6, 6.07) is 5.71. The maximum Gasteiger partial charge on any atom is 0.260 e. The van der Waals surface area contributed by atoms with Crippen LogP contribution in [0.5, 0.6) is 5.75 Å². The van der Waals surface area contributed by atoms with Crippen molar-refractivity contribution in [3.63, 3.8) is 0 Å². The molecule has 15 heavy (non-hydrogen) atoms. The van der Waals surface area contributed by atoms with Crippen LogP contribution in [-0.2, 0) is 5.41 Å². The molecular weight excluding hydrogens is 296 g/mol. The maximum absolute atomic E-state index is 5.52. The molecular formula is C11H12BrClOS. The van der Waals surface area contributed by atoms with E-state index in [4.69, 9.17) is 16.3 Å². The number of thiocarbonyl (C=S) groups is 1. The fraction of sp³-hybridized carbons (Fsp3) is 0.364. The zero-order chi connectivity index (χ0) is 11.6. The predicted molar refractivity (Wildman–Crippen MR) is 71.9 cm³/mol. The van der Waals surface area contributed by atoms with Crippen LogP contribution in [-0.4, -0.2) is 4.51 Å². The Morgan fingerprint density at radius 3 is 2.47 bits per heavy atom. The summed E-state index contributed by atoms with van der Waals surface area (Å²) in [4.78, 5) is 0. The molecule has 0 spiro atoms. The predicted octanol–water partition coefficient (Wildman–Crippen LogP) is 4.65. The van der Waals surface area contributed by atoms with Crippen molar-refractivity contribution in [3.05, 3.63) is 28.2 Å². The van der Waals surface area contributed by atoms with Crippen LogP contribution < -0.4 is 4.74 Å². The summed E-state index contributed by atoms with van der Waals surface area (Å²) < 4.78 is 6.25. The summed E-state index contributed by atoms with van der Waals surface area (Å²) in [6.45, 7) is 6.40. The summed E-state index contributed by atoms with van der Waals surface area (Å²) in [5, 5.41) is 0. The Hall–Kier alpha value is -0.120. The Labute approximate surface area is 109 Å². The van der Waals surface area contributed by atoms with E-state index in [1.54, 1.807) is 0 Å². The molecule has 0 saturated carbocycles. The second-order valence-electron chi connectivity index (χ2n) is 4.23. The Kier molecular flexibility index (Phi) is 4.15. The van der Waals surface area contributed by atoms with Crippen LogP contribution >= 0.6 is 39.7 Å². The van der Waals surface area contributed by atoms with E-state index in [0.29, 0.717) is 5.75 Å². The van der Waals surface area contributed by atoms with Crippen molar-refractivity contribution in [3.8, 4) is 5.75 Å². The quantitative estimate of drug-likeness (QED) is 0.552. The van der Waals surface area contributed by atoms with Crippen LogP contribution in [0, 0.1) is 0 Å². The number of hydrogen-bond acceptors (Lipinski definition) is 2. The average molecular weight is 308 g/mol. The largest absolute Gasteiger partial charge is 0.436 e. The lowest BCUT2D eigenvalue weighted by atomic mass is 9.87. The van der Waals surface area contributed by atoms with Crippen LogP contribution in [0.15, 0.2) is 22.7 Å². The van der Waals surface area contributed by atoms with Gasteiger partial charge in [-0.05, 0) is 53.0 Å². The topological polar surface area (TPSA) is 9.23 Å². The van der Waals surface area contributed by atoms with E-state index in [0.717, 1.165) is 10.0 Å². The minimum Gasteiger partial charge on any atom is -0.436 e. The molecule has 0 saturated heterocycles. The lowest BCUT2D eigenvalue weighted by Crippen LogP contribution is -2.12. The molecule has 82 valence electrons. The fourth-order valence-electron chi connectivity index (χ4n) is 1.24. The SMILES string of the molecule is CC(C)(C)c1cc(OC(=S)Cl)ccc1Br. The van der Waals surface area contributed by atoms with Gasteiger partial charge in [-0.15, -0.1) is 0 Å². The molecule has 0 heterocycles. The van der Waals surface area contributed by atoms with Crippen molar-refractivity contribution >= 4 is 44.3 Å². The second-order valence-corrected chi connectivity index (χ2v) is 6.02. The fourth-order valence-corrected chi connectivity index (χ4v) is 2.26. The van der Waals surface area contributed by atoms with Crippen molar-refractivity contribution in [2.45, 2.75) is 26.2 Å². The average Bonchev–Trinajstić information content (AvgIpc) is 2.05. The molecule has 0 aliphatic carbocycles. The van der Waals surface area contributed by atoms with E-state index in [-0.39, 0.29) is 9.92 Å². The molecule has 0 aromatic heterocycles. The molecule has 1 rings (SSSR count). The van der Waals surface area contributed by atoms with Gasteiger partial charge in [-0.1, -0.05) is 36.7 Å². The highest BCUT2D eigenvalue weighted by atomic mass is 79.9. The lowest BCUT2D eigenvalue weighted by Gasteiger charge is -2.21. The Morgan fingerprint density at radius 1 is 1.40 bits per heavy atom. The van der Waals surface area contributed by atoms with Gasteiger partial charge in [-0.3, -0.25) is 0 Å². The molecule has 0 bridgehead atoms. The smallest absolute Gasteiger partial charge is 0.260 e. The Morgan fingerprint density at radius 2 is 2.00 bits per heavy atom. The van der Waals surface area contributed by atoms with E-state index in [2.05, 4.69) is 48.9 Å². The van der Waals surface area contributed by atoms with Gasteiger partial charge in [-0.25, -0.2) is 0 Å². The molecule has 0 amide bonds. The normalized spacial score (nSPS) is 11.3. The monoisotopic (exact) mass is 306 g/mol. The molecule has 0 fully saturated rings. The minimum atomic E-state index is 0.0113. The van der Waals surface area contributed by atoms with Crippen molar-refractivity contribution in [1.82, 2.24) is 0 Å². The highest BCUT2D eigenvalue weighted by Crippen LogP contribution is 2.32. The van der Waals surface area contributed by atoms with Gasteiger partial charge in [0, 0.05) is 4.47 Å². The van der Waals surface area contributed by atoms with Crippen LogP contribution in [0.25, 0.3) is 0 Å². The van der Waals surface area contributed by atoms with Crippen LogP contribution in [0.4, 0.5) is 0 Å². The summed E-state index contributed by atoms with van der Waals surface area (Å²) in [5.41, 5.74) is 1.21. The van der Waals surface area contributed by atoms with Crippen molar-refractivity contribution < 1.29 is 4.74 Å². The third-order valence-electron chi connectivity index (χ3n) is 1.94. The first-order chi connectivity index (χ1) is 6.80. The summed E-state index contributed by atoms with van der Waals surface area (Å²) in [6.07, 6.45) is 0. The van der Waals surface area contributed by atoms with Crippen molar-refractivity contribution in [2.24, 2.45) is 0 Å². The van der Waals surface area contributed by atoms with Crippen LogP contribution in [0.3, 0.4) is 0 Å². The van der Waals surface area contributed by atoms with Gasteiger partial charge >= 0.3 is 0 Å². The van der Waals surface area contributed by atoms with E-state index in [1.807, 2.05) is 18.2 Å². The van der Waals surface area contributed by atoms with Gasteiger partial charge in [0.25, 0.3) is 4.51 Å². The highest BCUT2D eigenvalue weighted by molar-refractivity contribution is 9.10. The molecule has 0 aliphatic heterocycles. The van der Waals surface area contributed by atoms with E-state index in [1.165, 1.54) is 0 Å². The van der Waals surface area contributed by atoms with Crippen molar-refractivity contribution in [1.29, 1.82) is 0 Å². The molecule has 0 radical (unpaired) electrons. The molecule has 4 heteroatoms. The number of ether oxygens (including phenoxy) is 1. The van der Waals surface area contributed by atoms with Gasteiger partial charge < -0.3 is 4.74 Å². The maximum atomic E-state index is 5.52. The summed E-state index contributed by atoms with van der Waals surface area (Å²) in [7, 11) is 0. The molecule has 1 aromatic carbocycles. The third-order valence-corrected chi connectivity index (χ3v) is 2.80. The van der Waals surface area contributed by atoms with Crippen LogP contribution in [0.1, 0.15) is 26.3 Å². The standard InChI is InChI=1S/C11H12BrClOS/c1-11(2,3)8-6-7(14-10(13)15)4-5-9(8)12/h4-6H,1-3H3. The Bertz CT molecular complexity index is 385. The number of benzene rings is 1.